The highest BCUT2D eigenvalue weighted by Gasteiger charge is 2.09. The fourth-order valence-corrected chi connectivity index (χ4v) is 1.75. The lowest BCUT2D eigenvalue weighted by Crippen LogP contribution is -2.03. The molecule has 0 aromatic heterocycles. The summed E-state index contributed by atoms with van der Waals surface area (Å²) in [5, 5.41) is 0.0824. The molecule has 0 amide bonds. The number of anilines is 1. The molecule has 0 spiro atoms. The van der Waals surface area contributed by atoms with Crippen molar-refractivity contribution in [1.29, 1.82) is 0 Å². The summed E-state index contributed by atoms with van der Waals surface area (Å²) in [7, 11) is 0. The molecule has 2 aromatic carbocycles. The second-order valence-electron chi connectivity index (χ2n) is 4.01. The molecule has 1 unspecified atom stereocenters. The maximum absolute atomic E-state index is 13.3. The van der Waals surface area contributed by atoms with Gasteiger partial charge in [0.1, 0.15) is 17.7 Å². The molecule has 94 valence electrons. The zero-order valence-electron chi connectivity index (χ0n) is 9.86. The Morgan fingerprint density at radius 2 is 2.00 bits per heavy atom. The van der Waals surface area contributed by atoms with Gasteiger partial charge in [-0.2, -0.15) is 0 Å². The van der Waals surface area contributed by atoms with E-state index in [0.29, 0.717) is 11.4 Å². The van der Waals surface area contributed by atoms with Gasteiger partial charge in [0.2, 0.25) is 0 Å². The van der Waals surface area contributed by atoms with Gasteiger partial charge >= 0.3 is 0 Å². The third-order valence-corrected chi connectivity index (χ3v) is 2.89. The van der Waals surface area contributed by atoms with Gasteiger partial charge in [-0.25, -0.2) is 4.39 Å². The molecule has 0 radical (unpaired) electrons. The quantitative estimate of drug-likeness (QED) is 0.844. The number of benzene rings is 2. The van der Waals surface area contributed by atoms with Crippen molar-refractivity contribution in [3.05, 3.63) is 58.9 Å². The first kappa shape index (κ1) is 12.7. The van der Waals surface area contributed by atoms with Crippen LogP contribution in [0.25, 0.3) is 0 Å². The van der Waals surface area contributed by atoms with Crippen molar-refractivity contribution in [2.24, 2.45) is 0 Å². The zero-order chi connectivity index (χ0) is 13.1. The summed E-state index contributed by atoms with van der Waals surface area (Å²) >= 11 is 5.61. The van der Waals surface area contributed by atoms with Gasteiger partial charge in [-0.3, -0.25) is 0 Å². The van der Waals surface area contributed by atoms with E-state index in [2.05, 4.69) is 0 Å². The predicted octanol–water partition coefficient (Wildman–Crippen LogP) is 4.20. The first-order chi connectivity index (χ1) is 8.56. The molecule has 0 aliphatic heterocycles. The van der Waals surface area contributed by atoms with Crippen LogP contribution in [0.15, 0.2) is 42.5 Å². The molecule has 0 fully saturated rings. The molecule has 0 saturated carbocycles. The normalized spacial score (nSPS) is 12.2. The van der Waals surface area contributed by atoms with E-state index >= 15 is 0 Å². The summed E-state index contributed by atoms with van der Waals surface area (Å²) < 4.78 is 18.9. The average Bonchev–Trinajstić information content (AvgIpc) is 2.34. The molecule has 0 heterocycles. The lowest BCUT2D eigenvalue weighted by molar-refractivity contribution is 0.226. The van der Waals surface area contributed by atoms with Gasteiger partial charge in [0.15, 0.2) is 0 Å². The predicted molar refractivity (Wildman–Crippen MR) is 71.3 cm³/mol. The zero-order valence-corrected chi connectivity index (χ0v) is 10.6. The molecular formula is C14H13ClFNO. The molecule has 0 aliphatic rings. The van der Waals surface area contributed by atoms with E-state index in [1.807, 2.05) is 25.1 Å². The topological polar surface area (TPSA) is 35.2 Å². The molecule has 0 aliphatic carbocycles. The van der Waals surface area contributed by atoms with Crippen molar-refractivity contribution in [3.8, 4) is 5.75 Å². The third-order valence-electron chi connectivity index (χ3n) is 2.58. The number of rotatable bonds is 3. The maximum Gasteiger partial charge on any atom is 0.145 e. The molecule has 2 rings (SSSR count). The number of ether oxygens (including phenoxy) is 1. The minimum atomic E-state index is -0.492. The van der Waals surface area contributed by atoms with Crippen LogP contribution in [-0.4, -0.2) is 0 Å². The van der Waals surface area contributed by atoms with Crippen molar-refractivity contribution in [3.63, 3.8) is 0 Å². The summed E-state index contributed by atoms with van der Waals surface area (Å²) in [5.41, 5.74) is 7.31. The third kappa shape index (κ3) is 2.93. The van der Waals surface area contributed by atoms with Gasteiger partial charge in [0.05, 0.1) is 5.02 Å². The second-order valence-corrected chi connectivity index (χ2v) is 4.41. The molecule has 1 atom stereocenters. The summed E-state index contributed by atoms with van der Waals surface area (Å²) in [6.07, 6.45) is -0.214. The van der Waals surface area contributed by atoms with E-state index in [9.17, 15) is 4.39 Å². The number of nitrogens with two attached hydrogens (primary N) is 1. The molecular weight excluding hydrogens is 253 g/mol. The molecule has 2 N–H and O–H groups in total. The van der Waals surface area contributed by atoms with Gasteiger partial charge < -0.3 is 10.5 Å². The summed E-state index contributed by atoms with van der Waals surface area (Å²) in [6, 6.07) is 11.8. The molecule has 0 saturated heterocycles. The minimum Gasteiger partial charge on any atom is -0.486 e. The molecule has 0 bridgehead atoms. The van der Waals surface area contributed by atoms with Crippen molar-refractivity contribution >= 4 is 17.3 Å². The fraction of sp³-hybridized carbons (Fsp3) is 0.143. The van der Waals surface area contributed by atoms with Gasteiger partial charge in [-0.1, -0.05) is 23.7 Å². The SMILES string of the molecule is CC(Oc1ccc(Cl)c(F)c1)c1cccc(N)c1. The first-order valence-electron chi connectivity index (χ1n) is 5.53. The summed E-state index contributed by atoms with van der Waals surface area (Å²) in [5.74, 6) is -0.0548. The highest BCUT2D eigenvalue weighted by molar-refractivity contribution is 6.30. The highest BCUT2D eigenvalue weighted by atomic mass is 35.5. The van der Waals surface area contributed by atoms with E-state index in [-0.39, 0.29) is 11.1 Å². The minimum absolute atomic E-state index is 0.0824. The van der Waals surface area contributed by atoms with E-state index < -0.39 is 5.82 Å². The van der Waals surface area contributed by atoms with Gasteiger partial charge in [0.25, 0.3) is 0 Å². The Labute approximate surface area is 110 Å². The van der Waals surface area contributed by atoms with E-state index in [0.717, 1.165) is 5.56 Å². The van der Waals surface area contributed by atoms with Crippen LogP contribution in [0.2, 0.25) is 5.02 Å². The lowest BCUT2D eigenvalue weighted by atomic mass is 10.1. The molecule has 2 nitrogen and oxygen atoms in total. The van der Waals surface area contributed by atoms with Gasteiger partial charge in [-0.15, -0.1) is 0 Å². The van der Waals surface area contributed by atoms with E-state index in [1.165, 1.54) is 12.1 Å². The van der Waals surface area contributed by atoms with E-state index in [4.69, 9.17) is 22.1 Å². The Morgan fingerprint density at radius 3 is 2.67 bits per heavy atom. The Hall–Kier alpha value is -1.74. The Morgan fingerprint density at radius 1 is 1.22 bits per heavy atom. The molecule has 4 heteroatoms. The first-order valence-corrected chi connectivity index (χ1v) is 5.91. The lowest BCUT2D eigenvalue weighted by Gasteiger charge is -2.15. The summed E-state index contributed by atoms with van der Waals surface area (Å²) in [6.45, 7) is 1.88. The van der Waals surface area contributed by atoms with Crippen LogP contribution in [0, 0.1) is 5.82 Å². The van der Waals surface area contributed by atoms with Crippen molar-refractivity contribution in [2.75, 3.05) is 5.73 Å². The van der Waals surface area contributed by atoms with Crippen molar-refractivity contribution in [1.82, 2.24) is 0 Å². The fourth-order valence-electron chi connectivity index (χ4n) is 1.63. The average molecular weight is 266 g/mol. The van der Waals surface area contributed by atoms with Gasteiger partial charge in [-0.05, 0) is 36.8 Å². The van der Waals surface area contributed by atoms with Crippen LogP contribution in [0.3, 0.4) is 0 Å². The second kappa shape index (κ2) is 5.27. The van der Waals surface area contributed by atoms with Crippen LogP contribution in [0.5, 0.6) is 5.75 Å². The molecule has 18 heavy (non-hydrogen) atoms. The monoisotopic (exact) mass is 265 g/mol. The number of hydrogen-bond donors (Lipinski definition) is 1. The smallest absolute Gasteiger partial charge is 0.145 e. The molecule has 2 aromatic rings. The Bertz CT molecular complexity index is 559. The van der Waals surface area contributed by atoms with E-state index in [1.54, 1.807) is 12.1 Å². The standard InChI is InChI=1S/C14H13ClFNO/c1-9(10-3-2-4-11(17)7-10)18-12-5-6-13(15)14(16)8-12/h2-9H,17H2,1H3. The largest absolute Gasteiger partial charge is 0.486 e. The number of halogens is 2. The number of hydrogen-bond acceptors (Lipinski definition) is 2. The van der Waals surface area contributed by atoms with Crippen molar-refractivity contribution < 1.29 is 9.13 Å². The maximum atomic E-state index is 13.3. The van der Waals surface area contributed by atoms with Crippen molar-refractivity contribution in [2.45, 2.75) is 13.0 Å². The number of nitrogen functional groups attached to an aromatic ring is 1. The Kier molecular flexibility index (Phi) is 3.72. The van der Waals surface area contributed by atoms with Crippen LogP contribution in [-0.2, 0) is 0 Å². The highest BCUT2D eigenvalue weighted by Crippen LogP contribution is 2.26. The Balaban J connectivity index is 2.16. The van der Waals surface area contributed by atoms with Crippen LogP contribution >= 0.6 is 11.6 Å². The van der Waals surface area contributed by atoms with Crippen LogP contribution in [0.4, 0.5) is 10.1 Å². The summed E-state index contributed by atoms with van der Waals surface area (Å²) in [4.78, 5) is 0. The van der Waals surface area contributed by atoms with Gasteiger partial charge in [0, 0.05) is 11.8 Å². The van der Waals surface area contributed by atoms with Crippen LogP contribution in [0.1, 0.15) is 18.6 Å². The van der Waals surface area contributed by atoms with Crippen LogP contribution < -0.4 is 10.5 Å².